The first-order chi connectivity index (χ1) is 13.3. The fourth-order valence-corrected chi connectivity index (χ4v) is 3.10. The summed E-state index contributed by atoms with van der Waals surface area (Å²) < 4.78 is 1.83. The third-order valence-corrected chi connectivity index (χ3v) is 4.50. The Balaban J connectivity index is 1.74. The summed E-state index contributed by atoms with van der Waals surface area (Å²) in [6, 6.07) is 8.64. The van der Waals surface area contributed by atoms with Crippen LogP contribution >= 0.6 is 11.6 Å². The lowest BCUT2D eigenvalue weighted by Crippen LogP contribution is -2.29. The van der Waals surface area contributed by atoms with Crippen LogP contribution in [0.25, 0.3) is 11.0 Å². The number of benzene rings is 1. The van der Waals surface area contributed by atoms with Gasteiger partial charge in [0.25, 0.3) is 0 Å². The number of halogens is 1. The summed E-state index contributed by atoms with van der Waals surface area (Å²) in [7, 11) is 0. The molecule has 146 valence electrons. The van der Waals surface area contributed by atoms with Gasteiger partial charge in [-0.25, -0.2) is 9.67 Å². The lowest BCUT2D eigenvalue weighted by molar-refractivity contribution is -0.120. The third kappa shape index (κ3) is 4.67. The number of pyridine rings is 1. The van der Waals surface area contributed by atoms with Crippen molar-refractivity contribution in [2.24, 2.45) is 0 Å². The first-order valence-corrected chi connectivity index (χ1v) is 9.37. The Bertz CT molecular complexity index is 998. The van der Waals surface area contributed by atoms with E-state index in [1.54, 1.807) is 36.7 Å². The monoisotopic (exact) mass is 399 g/mol. The van der Waals surface area contributed by atoms with E-state index in [4.69, 9.17) is 11.6 Å². The average Bonchev–Trinajstić information content (AvgIpc) is 3.05. The second kappa shape index (κ2) is 8.39. The van der Waals surface area contributed by atoms with E-state index < -0.39 is 6.04 Å². The summed E-state index contributed by atoms with van der Waals surface area (Å²) in [6.07, 6.45) is 3.42. The molecule has 3 aromatic rings. The van der Waals surface area contributed by atoms with Gasteiger partial charge in [0.05, 0.1) is 30.5 Å². The van der Waals surface area contributed by atoms with Gasteiger partial charge in [0, 0.05) is 23.4 Å². The summed E-state index contributed by atoms with van der Waals surface area (Å²) in [4.78, 5) is 28.5. The van der Waals surface area contributed by atoms with Crippen LogP contribution in [0.4, 0.5) is 5.69 Å². The van der Waals surface area contributed by atoms with Gasteiger partial charge in [-0.2, -0.15) is 5.10 Å². The average molecular weight is 400 g/mol. The van der Waals surface area contributed by atoms with Gasteiger partial charge in [0.2, 0.25) is 11.8 Å². The zero-order valence-electron chi connectivity index (χ0n) is 15.9. The van der Waals surface area contributed by atoms with Gasteiger partial charge >= 0.3 is 0 Å². The number of rotatable bonds is 6. The number of amides is 2. The molecule has 0 aliphatic rings. The number of anilines is 1. The zero-order chi connectivity index (χ0) is 20.3. The molecule has 0 fully saturated rings. The number of nitrogens with one attached hydrogen (secondary N) is 2. The molecule has 2 heterocycles. The van der Waals surface area contributed by atoms with E-state index in [0.29, 0.717) is 10.7 Å². The van der Waals surface area contributed by atoms with E-state index in [1.165, 1.54) is 6.92 Å². The standard InChI is InChI=1S/C20H22ClN5O2/c1-12(2)26-20-15(10-23-26)8-17(11-22-20)25-19(28)9-18(24-13(3)27)14-4-6-16(21)7-5-14/h4-8,10-12,18H,9H2,1-3H3,(H,24,27)(H,25,28)/t18-/m0/s1. The normalized spacial score (nSPS) is 12.2. The van der Waals surface area contributed by atoms with Gasteiger partial charge in [-0.1, -0.05) is 23.7 Å². The van der Waals surface area contributed by atoms with Crippen molar-refractivity contribution < 1.29 is 9.59 Å². The molecule has 0 bridgehead atoms. The molecule has 8 heteroatoms. The van der Waals surface area contributed by atoms with Crippen molar-refractivity contribution in [3.63, 3.8) is 0 Å². The highest BCUT2D eigenvalue weighted by molar-refractivity contribution is 6.30. The summed E-state index contributed by atoms with van der Waals surface area (Å²) >= 11 is 5.92. The molecule has 1 atom stereocenters. The second-order valence-corrected chi connectivity index (χ2v) is 7.31. The van der Waals surface area contributed by atoms with Crippen molar-refractivity contribution in [3.8, 4) is 0 Å². The zero-order valence-corrected chi connectivity index (χ0v) is 16.7. The summed E-state index contributed by atoms with van der Waals surface area (Å²) in [5, 5.41) is 11.4. The fourth-order valence-electron chi connectivity index (χ4n) is 2.98. The molecule has 7 nitrogen and oxygen atoms in total. The van der Waals surface area contributed by atoms with Gasteiger partial charge in [-0.15, -0.1) is 0 Å². The quantitative estimate of drug-likeness (QED) is 0.658. The minimum Gasteiger partial charge on any atom is -0.349 e. The Morgan fingerprint density at radius 2 is 1.89 bits per heavy atom. The molecule has 0 saturated carbocycles. The minimum atomic E-state index is -0.449. The van der Waals surface area contributed by atoms with Crippen LogP contribution in [-0.4, -0.2) is 26.6 Å². The Morgan fingerprint density at radius 1 is 1.18 bits per heavy atom. The van der Waals surface area contributed by atoms with Gasteiger partial charge in [0.1, 0.15) is 0 Å². The lowest BCUT2D eigenvalue weighted by atomic mass is 10.0. The van der Waals surface area contributed by atoms with E-state index >= 15 is 0 Å². The first-order valence-electron chi connectivity index (χ1n) is 8.99. The molecule has 0 unspecified atom stereocenters. The van der Waals surface area contributed by atoms with Gasteiger partial charge in [-0.3, -0.25) is 9.59 Å². The van der Waals surface area contributed by atoms with Crippen LogP contribution in [0, 0.1) is 0 Å². The molecule has 0 radical (unpaired) electrons. The third-order valence-electron chi connectivity index (χ3n) is 4.25. The number of nitrogens with zero attached hydrogens (tertiary/aromatic N) is 3. The number of aromatic nitrogens is 3. The molecule has 1 aromatic carbocycles. The number of hydrogen-bond acceptors (Lipinski definition) is 4. The maximum atomic E-state index is 12.6. The highest BCUT2D eigenvalue weighted by atomic mass is 35.5. The summed E-state index contributed by atoms with van der Waals surface area (Å²) in [5.74, 6) is -0.442. The number of carbonyl (C=O) groups excluding carboxylic acids is 2. The Kier molecular flexibility index (Phi) is 5.94. The van der Waals surface area contributed by atoms with Crippen molar-refractivity contribution >= 4 is 40.1 Å². The van der Waals surface area contributed by atoms with E-state index in [1.807, 2.05) is 24.6 Å². The smallest absolute Gasteiger partial charge is 0.226 e. The molecule has 2 aromatic heterocycles. The van der Waals surface area contributed by atoms with E-state index in [-0.39, 0.29) is 24.3 Å². The number of hydrogen-bond donors (Lipinski definition) is 2. The molecule has 2 N–H and O–H groups in total. The van der Waals surface area contributed by atoms with Crippen LogP contribution in [0.5, 0.6) is 0 Å². The van der Waals surface area contributed by atoms with Crippen LogP contribution in [0.2, 0.25) is 5.02 Å². The van der Waals surface area contributed by atoms with Crippen LogP contribution in [-0.2, 0) is 9.59 Å². The molecule has 28 heavy (non-hydrogen) atoms. The predicted molar refractivity (Wildman–Crippen MR) is 109 cm³/mol. The van der Waals surface area contributed by atoms with E-state index in [9.17, 15) is 9.59 Å². The van der Waals surface area contributed by atoms with Crippen LogP contribution in [0.15, 0.2) is 42.7 Å². The van der Waals surface area contributed by atoms with Crippen molar-refractivity contribution in [2.45, 2.75) is 39.3 Å². The van der Waals surface area contributed by atoms with Crippen molar-refractivity contribution in [1.29, 1.82) is 0 Å². The van der Waals surface area contributed by atoms with Crippen molar-refractivity contribution in [3.05, 3.63) is 53.3 Å². The molecule has 2 amide bonds. The van der Waals surface area contributed by atoms with E-state index in [2.05, 4.69) is 20.7 Å². The minimum absolute atomic E-state index is 0.0878. The Morgan fingerprint density at radius 3 is 2.54 bits per heavy atom. The summed E-state index contributed by atoms with van der Waals surface area (Å²) in [6.45, 7) is 5.48. The van der Waals surface area contributed by atoms with Gasteiger partial charge in [0.15, 0.2) is 5.65 Å². The SMILES string of the molecule is CC(=O)N[C@@H](CC(=O)Nc1cnc2c(cnn2C(C)C)c1)c1ccc(Cl)cc1. The van der Waals surface area contributed by atoms with Crippen molar-refractivity contribution in [1.82, 2.24) is 20.1 Å². The maximum absolute atomic E-state index is 12.6. The number of fused-ring (bicyclic) bond motifs is 1. The maximum Gasteiger partial charge on any atom is 0.226 e. The topological polar surface area (TPSA) is 88.9 Å². The molecule has 0 saturated heterocycles. The molecule has 0 aliphatic heterocycles. The molecule has 3 rings (SSSR count). The predicted octanol–water partition coefficient (Wildman–Crippen LogP) is 3.87. The number of carbonyl (C=O) groups is 2. The Hall–Kier alpha value is -2.93. The lowest BCUT2D eigenvalue weighted by Gasteiger charge is -2.18. The first kappa shape index (κ1) is 19.8. The highest BCUT2D eigenvalue weighted by Crippen LogP contribution is 2.22. The Labute approximate surface area is 168 Å². The fraction of sp³-hybridized carbons (Fsp3) is 0.300. The summed E-state index contributed by atoms with van der Waals surface area (Å²) in [5.41, 5.74) is 2.16. The van der Waals surface area contributed by atoms with Crippen LogP contribution in [0.3, 0.4) is 0 Å². The molecule has 0 spiro atoms. The molecule has 0 aliphatic carbocycles. The van der Waals surface area contributed by atoms with Gasteiger partial charge < -0.3 is 10.6 Å². The second-order valence-electron chi connectivity index (χ2n) is 6.88. The van der Waals surface area contributed by atoms with Crippen LogP contribution < -0.4 is 10.6 Å². The molecular formula is C20H22ClN5O2. The van der Waals surface area contributed by atoms with E-state index in [0.717, 1.165) is 16.6 Å². The van der Waals surface area contributed by atoms with Gasteiger partial charge in [-0.05, 0) is 37.6 Å². The van der Waals surface area contributed by atoms with Crippen molar-refractivity contribution in [2.75, 3.05) is 5.32 Å². The highest BCUT2D eigenvalue weighted by Gasteiger charge is 2.18. The van der Waals surface area contributed by atoms with Crippen LogP contribution in [0.1, 0.15) is 44.8 Å². The molecular weight excluding hydrogens is 378 g/mol. The largest absolute Gasteiger partial charge is 0.349 e.